The Morgan fingerprint density at radius 1 is 1.12 bits per heavy atom. The molecule has 2 heterocycles. The summed E-state index contributed by atoms with van der Waals surface area (Å²) in [6.45, 7) is 2.75. The van der Waals surface area contributed by atoms with Gasteiger partial charge < -0.3 is 25.0 Å². The first-order valence-electron chi connectivity index (χ1n) is 8.82. The zero-order chi connectivity index (χ0) is 18.4. The predicted octanol–water partition coefficient (Wildman–Crippen LogP) is 0.393. The van der Waals surface area contributed by atoms with Gasteiger partial charge in [0.1, 0.15) is 0 Å². The fourth-order valence-electron chi connectivity index (χ4n) is 2.98. The molecule has 0 saturated carbocycles. The summed E-state index contributed by atoms with van der Waals surface area (Å²) >= 11 is 0. The minimum absolute atomic E-state index is 0.0311. The van der Waals surface area contributed by atoms with Crippen LogP contribution in [0.5, 0.6) is 0 Å². The first kappa shape index (κ1) is 18.3. The van der Waals surface area contributed by atoms with Gasteiger partial charge in [-0.25, -0.2) is 0 Å². The number of para-hydroxylation sites is 1. The highest BCUT2D eigenvalue weighted by atomic mass is 16.5. The summed E-state index contributed by atoms with van der Waals surface area (Å²) in [4.78, 5) is 38.4. The molecule has 0 radical (unpaired) electrons. The van der Waals surface area contributed by atoms with E-state index in [9.17, 15) is 14.4 Å². The maximum Gasteiger partial charge on any atom is 0.313 e. The smallest absolute Gasteiger partial charge is 0.313 e. The van der Waals surface area contributed by atoms with E-state index in [-0.39, 0.29) is 12.0 Å². The Kier molecular flexibility index (Phi) is 6.19. The molecular weight excluding hydrogens is 338 g/mol. The molecule has 0 spiro atoms. The van der Waals surface area contributed by atoms with E-state index in [4.69, 9.17) is 9.47 Å². The highest BCUT2D eigenvalue weighted by Crippen LogP contribution is 2.16. The summed E-state index contributed by atoms with van der Waals surface area (Å²) in [5, 5.41) is 5.37. The molecule has 1 aromatic carbocycles. The van der Waals surface area contributed by atoms with Crippen LogP contribution in [0, 0.1) is 0 Å². The molecule has 3 rings (SSSR count). The second-order valence-electron chi connectivity index (χ2n) is 6.25. The molecule has 2 saturated heterocycles. The van der Waals surface area contributed by atoms with Crippen molar-refractivity contribution in [1.29, 1.82) is 0 Å². The van der Waals surface area contributed by atoms with Crippen LogP contribution >= 0.6 is 0 Å². The van der Waals surface area contributed by atoms with Crippen LogP contribution in [-0.4, -0.2) is 68.2 Å². The summed E-state index contributed by atoms with van der Waals surface area (Å²) in [6.07, 6.45) is 1.95. The van der Waals surface area contributed by atoms with Crippen molar-refractivity contribution < 1.29 is 23.9 Å². The van der Waals surface area contributed by atoms with Crippen LogP contribution in [0.4, 0.5) is 5.69 Å². The van der Waals surface area contributed by atoms with E-state index >= 15 is 0 Å². The van der Waals surface area contributed by atoms with Gasteiger partial charge in [-0.15, -0.1) is 0 Å². The van der Waals surface area contributed by atoms with Crippen LogP contribution < -0.4 is 10.6 Å². The van der Waals surface area contributed by atoms with Gasteiger partial charge >= 0.3 is 11.8 Å². The molecule has 8 heteroatoms. The topological polar surface area (TPSA) is 97.0 Å². The second-order valence-corrected chi connectivity index (χ2v) is 6.25. The molecule has 8 nitrogen and oxygen atoms in total. The minimum atomic E-state index is -0.758. The minimum Gasteiger partial charge on any atom is -0.378 e. The fourth-order valence-corrected chi connectivity index (χ4v) is 2.98. The molecule has 1 atom stereocenters. The van der Waals surface area contributed by atoms with Crippen molar-refractivity contribution in [3.63, 3.8) is 0 Å². The normalized spacial score (nSPS) is 19.8. The summed E-state index contributed by atoms with van der Waals surface area (Å²) in [7, 11) is 0. The Labute approximate surface area is 151 Å². The van der Waals surface area contributed by atoms with E-state index in [0.29, 0.717) is 44.1 Å². The molecule has 2 aliphatic rings. The Bertz CT molecular complexity index is 667. The Balaban J connectivity index is 1.61. The molecule has 0 bridgehead atoms. The third kappa shape index (κ3) is 4.59. The summed E-state index contributed by atoms with van der Waals surface area (Å²) in [6, 6.07) is 6.62. The van der Waals surface area contributed by atoms with Crippen LogP contribution in [0.1, 0.15) is 23.2 Å². The molecule has 0 aromatic heterocycles. The van der Waals surface area contributed by atoms with E-state index < -0.39 is 11.8 Å². The van der Waals surface area contributed by atoms with E-state index in [1.807, 2.05) is 0 Å². The van der Waals surface area contributed by atoms with Crippen LogP contribution in [0.25, 0.3) is 0 Å². The van der Waals surface area contributed by atoms with Gasteiger partial charge in [-0.2, -0.15) is 0 Å². The average molecular weight is 361 g/mol. The summed E-state index contributed by atoms with van der Waals surface area (Å²) in [5.41, 5.74) is 0.623. The number of nitrogens with zero attached hydrogens (tertiary/aromatic N) is 1. The number of carbonyl (C=O) groups excluding carboxylic acids is 3. The molecule has 140 valence electrons. The molecule has 2 aliphatic heterocycles. The van der Waals surface area contributed by atoms with Crippen molar-refractivity contribution in [1.82, 2.24) is 10.2 Å². The predicted molar refractivity (Wildman–Crippen MR) is 93.8 cm³/mol. The van der Waals surface area contributed by atoms with Gasteiger partial charge in [-0.05, 0) is 25.0 Å². The number of carbonyl (C=O) groups is 3. The molecule has 2 N–H and O–H groups in total. The van der Waals surface area contributed by atoms with Gasteiger partial charge in [-0.3, -0.25) is 14.4 Å². The third-order valence-electron chi connectivity index (χ3n) is 4.43. The highest BCUT2D eigenvalue weighted by Gasteiger charge is 2.25. The van der Waals surface area contributed by atoms with E-state index in [2.05, 4.69) is 10.6 Å². The number of anilines is 1. The van der Waals surface area contributed by atoms with Crippen LogP contribution in [0.2, 0.25) is 0 Å². The maximum absolute atomic E-state index is 12.4. The van der Waals surface area contributed by atoms with Gasteiger partial charge in [0.05, 0.1) is 30.6 Å². The van der Waals surface area contributed by atoms with Gasteiger partial charge in [-0.1, -0.05) is 12.1 Å². The lowest BCUT2D eigenvalue weighted by atomic mass is 10.1. The van der Waals surface area contributed by atoms with Gasteiger partial charge in [0.15, 0.2) is 0 Å². The number of nitrogens with one attached hydrogen (secondary N) is 2. The van der Waals surface area contributed by atoms with E-state index in [1.54, 1.807) is 24.3 Å². The number of ether oxygens (including phenoxy) is 2. The zero-order valence-electron chi connectivity index (χ0n) is 14.5. The Morgan fingerprint density at radius 3 is 2.62 bits per heavy atom. The third-order valence-corrected chi connectivity index (χ3v) is 4.43. The van der Waals surface area contributed by atoms with Crippen LogP contribution in [0.15, 0.2) is 24.3 Å². The van der Waals surface area contributed by atoms with Crippen molar-refractivity contribution in [3.8, 4) is 0 Å². The lowest BCUT2D eigenvalue weighted by Gasteiger charge is -2.26. The van der Waals surface area contributed by atoms with Crippen molar-refractivity contribution in [2.75, 3.05) is 44.8 Å². The number of rotatable bonds is 4. The van der Waals surface area contributed by atoms with Gasteiger partial charge in [0.25, 0.3) is 5.91 Å². The van der Waals surface area contributed by atoms with Gasteiger partial charge in [0, 0.05) is 26.2 Å². The standard InChI is InChI=1S/C18H23N3O5/c22-16(19-12-13-4-3-9-26-13)14-5-1-2-6-15(14)20-17(23)18(24)21-7-10-25-11-8-21/h1-2,5-6,13H,3-4,7-12H2,(H,19,22)(H,20,23)/t13-/m0/s1. The summed E-state index contributed by atoms with van der Waals surface area (Å²) < 4.78 is 10.7. The largest absolute Gasteiger partial charge is 0.378 e. The summed E-state index contributed by atoms with van der Waals surface area (Å²) in [5.74, 6) is -1.69. The first-order chi connectivity index (χ1) is 12.6. The van der Waals surface area contributed by atoms with Crippen LogP contribution in [-0.2, 0) is 19.1 Å². The molecule has 0 aliphatic carbocycles. The number of hydrogen-bond donors (Lipinski definition) is 2. The molecule has 26 heavy (non-hydrogen) atoms. The molecule has 0 unspecified atom stereocenters. The SMILES string of the molecule is O=C(Nc1ccccc1C(=O)NC[C@@H]1CCCO1)C(=O)N1CCOCC1. The quantitative estimate of drug-likeness (QED) is 0.757. The van der Waals surface area contributed by atoms with Crippen molar-refractivity contribution in [2.45, 2.75) is 18.9 Å². The van der Waals surface area contributed by atoms with Crippen molar-refractivity contribution in [3.05, 3.63) is 29.8 Å². The van der Waals surface area contributed by atoms with Gasteiger partial charge in [0.2, 0.25) is 0 Å². The Hall–Kier alpha value is -2.45. The molecular formula is C18H23N3O5. The monoisotopic (exact) mass is 361 g/mol. The number of hydrogen-bond acceptors (Lipinski definition) is 5. The second kappa shape index (κ2) is 8.77. The average Bonchev–Trinajstić information content (AvgIpc) is 3.20. The number of amides is 3. The van der Waals surface area contributed by atoms with Crippen molar-refractivity contribution >= 4 is 23.4 Å². The molecule has 1 aromatic rings. The van der Waals surface area contributed by atoms with E-state index in [1.165, 1.54) is 4.90 Å². The zero-order valence-corrected chi connectivity index (χ0v) is 14.5. The van der Waals surface area contributed by atoms with Crippen molar-refractivity contribution in [2.24, 2.45) is 0 Å². The lowest BCUT2D eigenvalue weighted by molar-refractivity contribution is -0.145. The number of benzene rings is 1. The fraction of sp³-hybridized carbons (Fsp3) is 0.500. The number of morpholine rings is 1. The highest BCUT2D eigenvalue weighted by molar-refractivity contribution is 6.39. The molecule has 2 fully saturated rings. The molecule has 3 amide bonds. The Morgan fingerprint density at radius 2 is 1.88 bits per heavy atom. The first-order valence-corrected chi connectivity index (χ1v) is 8.82. The van der Waals surface area contributed by atoms with Crippen LogP contribution in [0.3, 0.4) is 0 Å². The van der Waals surface area contributed by atoms with E-state index in [0.717, 1.165) is 19.4 Å². The maximum atomic E-state index is 12.4. The lowest BCUT2D eigenvalue weighted by Crippen LogP contribution is -2.46.